The van der Waals surface area contributed by atoms with Gasteiger partial charge >= 0.3 is 5.97 Å². The molecule has 0 amide bonds. The first-order chi connectivity index (χ1) is 13.6. The van der Waals surface area contributed by atoms with Crippen LogP contribution >= 0.6 is 22.7 Å². The molecule has 0 saturated heterocycles. The molecule has 28 heavy (non-hydrogen) atoms. The van der Waals surface area contributed by atoms with Crippen molar-refractivity contribution in [3.05, 3.63) is 90.8 Å². The lowest BCUT2D eigenvalue weighted by molar-refractivity contribution is -0.137. The number of aromatic nitrogens is 2. The summed E-state index contributed by atoms with van der Waals surface area (Å²) >= 11 is 3.03. The molecule has 0 aromatic carbocycles. The van der Waals surface area contributed by atoms with E-state index in [0.29, 0.717) is 16.9 Å². The summed E-state index contributed by atoms with van der Waals surface area (Å²) in [5, 5.41) is 3.87. The quantitative estimate of drug-likeness (QED) is 0.363. The zero-order valence-corrected chi connectivity index (χ0v) is 16.6. The van der Waals surface area contributed by atoms with Crippen molar-refractivity contribution < 1.29 is 9.53 Å². The highest BCUT2D eigenvalue weighted by atomic mass is 32.1. The number of aryl methyl sites for hydroxylation is 1. The summed E-state index contributed by atoms with van der Waals surface area (Å²) in [6.45, 7) is 1.82. The second-order valence-corrected chi connectivity index (χ2v) is 8.02. The predicted molar refractivity (Wildman–Crippen MR) is 113 cm³/mol. The molecule has 0 radical (unpaired) electrons. The van der Waals surface area contributed by atoms with Crippen molar-refractivity contribution in [2.75, 3.05) is 0 Å². The van der Waals surface area contributed by atoms with Crippen LogP contribution in [0.5, 0.6) is 0 Å². The van der Waals surface area contributed by atoms with E-state index >= 15 is 0 Å². The number of nitrogens with zero attached hydrogens (tertiary/aromatic N) is 2. The molecule has 0 aliphatic heterocycles. The van der Waals surface area contributed by atoms with Crippen molar-refractivity contribution in [3.63, 3.8) is 0 Å². The Labute approximate surface area is 169 Å². The van der Waals surface area contributed by atoms with Gasteiger partial charge in [0, 0.05) is 22.0 Å². The second-order valence-electron chi connectivity index (χ2n) is 6.10. The van der Waals surface area contributed by atoms with Gasteiger partial charge in [-0.05, 0) is 47.5 Å². The lowest BCUT2D eigenvalue weighted by Gasteiger charge is -2.09. The summed E-state index contributed by atoms with van der Waals surface area (Å²) in [5.41, 5.74) is 2.16. The highest BCUT2D eigenvalue weighted by Gasteiger charge is 2.16. The van der Waals surface area contributed by atoms with Gasteiger partial charge in [0.05, 0.1) is 11.3 Å². The third-order valence-corrected chi connectivity index (χ3v) is 5.85. The minimum atomic E-state index is -0.442. The highest BCUT2D eigenvalue weighted by molar-refractivity contribution is 7.12. The number of hydrogen-bond acceptors (Lipinski definition) is 6. The topological polar surface area (TPSA) is 60.7 Å². The lowest BCUT2D eigenvalue weighted by atomic mass is 10.2. The van der Waals surface area contributed by atoms with Crippen LogP contribution in [0.15, 0.2) is 64.2 Å². The van der Waals surface area contributed by atoms with Crippen LogP contribution in [-0.2, 0) is 16.1 Å². The molecule has 0 unspecified atom stereocenters. The third kappa shape index (κ3) is 3.81. The Kier molecular flexibility index (Phi) is 5.18. The molecule has 0 bridgehead atoms. The molecule has 0 fully saturated rings. The van der Waals surface area contributed by atoms with Crippen LogP contribution in [0, 0.1) is 6.92 Å². The molecule has 4 aromatic rings. The SMILES string of the molecule is Cc1cccn2c(=O)cc(COC(=O)/C(=C/c3cccs3)c3cccs3)nc12. The first-order valence-corrected chi connectivity index (χ1v) is 10.3. The van der Waals surface area contributed by atoms with Gasteiger partial charge in [0.15, 0.2) is 0 Å². The normalized spacial score (nSPS) is 11.7. The van der Waals surface area contributed by atoms with Crippen molar-refractivity contribution in [3.8, 4) is 0 Å². The number of esters is 1. The number of ether oxygens (including phenoxy) is 1. The van der Waals surface area contributed by atoms with Gasteiger partial charge in [-0.25, -0.2) is 9.78 Å². The van der Waals surface area contributed by atoms with E-state index in [9.17, 15) is 9.59 Å². The van der Waals surface area contributed by atoms with Gasteiger partial charge in [-0.2, -0.15) is 0 Å². The van der Waals surface area contributed by atoms with Crippen LogP contribution in [0.3, 0.4) is 0 Å². The van der Waals surface area contributed by atoms with Crippen LogP contribution in [-0.4, -0.2) is 15.4 Å². The Balaban J connectivity index is 1.60. The monoisotopic (exact) mass is 408 g/mol. The Morgan fingerprint density at radius 1 is 1.18 bits per heavy atom. The predicted octanol–water partition coefficient (Wildman–Crippen LogP) is 4.41. The minimum Gasteiger partial charge on any atom is -0.456 e. The zero-order chi connectivity index (χ0) is 19.5. The molecule has 7 heteroatoms. The molecule has 5 nitrogen and oxygen atoms in total. The summed E-state index contributed by atoms with van der Waals surface area (Å²) in [6, 6.07) is 12.7. The summed E-state index contributed by atoms with van der Waals surface area (Å²) in [4.78, 5) is 31.3. The number of pyridine rings is 1. The molecule has 0 aliphatic rings. The Morgan fingerprint density at radius 3 is 2.75 bits per heavy atom. The van der Waals surface area contributed by atoms with Crippen LogP contribution in [0.25, 0.3) is 17.3 Å². The minimum absolute atomic E-state index is 0.0634. The number of rotatable bonds is 5. The first kappa shape index (κ1) is 18.3. The third-order valence-electron chi connectivity index (χ3n) is 4.13. The van der Waals surface area contributed by atoms with Gasteiger partial charge in [0.1, 0.15) is 12.3 Å². The smallest absolute Gasteiger partial charge is 0.340 e. The van der Waals surface area contributed by atoms with Crippen LogP contribution in [0.1, 0.15) is 21.0 Å². The maximum Gasteiger partial charge on any atom is 0.340 e. The average molecular weight is 409 g/mol. The van der Waals surface area contributed by atoms with Gasteiger partial charge in [0.25, 0.3) is 5.56 Å². The lowest BCUT2D eigenvalue weighted by Crippen LogP contribution is -2.17. The standard InChI is InChI=1S/C21H16N2O3S2/c1-14-5-2-8-23-19(24)11-15(22-20(14)23)13-26-21(25)17(18-7-4-10-28-18)12-16-6-3-9-27-16/h2-12H,13H2,1H3/b17-12+. The fraction of sp³-hybridized carbons (Fsp3) is 0.0952. The van der Waals surface area contributed by atoms with Gasteiger partial charge in [0.2, 0.25) is 0 Å². The van der Waals surface area contributed by atoms with Crippen molar-refractivity contribution >= 4 is 45.9 Å². The van der Waals surface area contributed by atoms with E-state index in [2.05, 4.69) is 4.98 Å². The van der Waals surface area contributed by atoms with Gasteiger partial charge < -0.3 is 4.74 Å². The van der Waals surface area contributed by atoms with Crippen molar-refractivity contribution in [2.45, 2.75) is 13.5 Å². The summed E-state index contributed by atoms with van der Waals surface area (Å²) in [7, 11) is 0. The Bertz CT molecular complexity index is 1210. The summed E-state index contributed by atoms with van der Waals surface area (Å²) in [5.74, 6) is -0.442. The fourth-order valence-electron chi connectivity index (χ4n) is 2.78. The second kappa shape index (κ2) is 7.92. The van der Waals surface area contributed by atoms with Crippen molar-refractivity contribution in [1.82, 2.24) is 9.38 Å². The van der Waals surface area contributed by atoms with E-state index in [1.165, 1.54) is 21.8 Å². The zero-order valence-electron chi connectivity index (χ0n) is 15.0. The summed E-state index contributed by atoms with van der Waals surface area (Å²) in [6.07, 6.45) is 3.50. The van der Waals surface area contributed by atoms with Crippen molar-refractivity contribution in [2.24, 2.45) is 0 Å². The fourth-order valence-corrected chi connectivity index (χ4v) is 4.17. The van der Waals surface area contributed by atoms with Crippen LogP contribution < -0.4 is 5.56 Å². The number of carbonyl (C=O) groups excluding carboxylic acids is 1. The number of carbonyl (C=O) groups is 1. The molecule has 0 aliphatic carbocycles. The maximum atomic E-state index is 12.8. The van der Waals surface area contributed by atoms with E-state index in [-0.39, 0.29) is 12.2 Å². The molecule has 0 atom stereocenters. The molecule has 0 saturated carbocycles. The molecule has 4 heterocycles. The van der Waals surface area contributed by atoms with E-state index in [0.717, 1.165) is 15.3 Å². The largest absolute Gasteiger partial charge is 0.456 e. The molecular weight excluding hydrogens is 392 g/mol. The summed E-state index contributed by atoms with van der Waals surface area (Å²) < 4.78 is 6.98. The van der Waals surface area contributed by atoms with Crippen molar-refractivity contribution in [1.29, 1.82) is 0 Å². The van der Waals surface area contributed by atoms with E-state index in [4.69, 9.17) is 4.74 Å². The highest BCUT2D eigenvalue weighted by Crippen LogP contribution is 2.26. The van der Waals surface area contributed by atoms with E-state index in [1.54, 1.807) is 23.6 Å². The average Bonchev–Trinajstić information content (AvgIpc) is 3.39. The van der Waals surface area contributed by atoms with Crippen LogP contribution in [0.2, 0.25) is 0 Å². The molecule has 0 spiro atoms. The number of fused-ring (bicyclic) bond motifs is 1. The van der Waals surface area contributed by atoms with Gasteiger partial charge in [-0.1, -0.05) is 18.2 Å². The van der Waals surface area contributed by atoms with Gasteiger partial charge in [-0.15, -0.1) is 22.7 Å². The first-order valence-electron chi connectivity index (χ1n) is 8.56. The van der Waals surface area contributed by atoms with Gasteiger partial charge in [-0.3, -0.25) is 9.20 Å². The Hall–Kier alpha value is -3.03. The van der Waals surface area contributed by atoms with E-state index < -0.39 is 5.97 Å². The van der Waals surface area contributed by atoms with Crippen LogP contribution in [0.4, 0.5) is 0 Å². The van der Waals surface area contributed by atoms with E-state index in [1.807, 2.05) is 54.1 Å². The molecule has 140 valence electrons. The molecule has 4 aromatic heterocycles. The molecular formula is C21H16N2O3S2. The number of thiophene rings is 2. The Morgan fingerprint density at radius 2 is 2.00 bits per heavy atom. The molecule has 4 rings (SSSR count). The maximum absolute atomic E-state index is 12.8. The molecule has 0 N–H and O–H groups in total. The number of hydrogen-bond donors (Lipinski definition) is 0.